The van der Waals surface area contributed by atoms with Gasteiger partial charge in [-0.15, -0.1) is 0 Å². The molecule has 1 aliphatic carbocycles. The van der Waals surface area contributed by atoms with E-state index in [9.17, 15) is 18.8 Å². The summed E-state index contributed by atoms with van der Waals surface area (Å²) < 4.78 is 16.1. The van der Waals surface area contributed by atoms with Crippen molar-refractivity contribution in [1.82, 2.24) is 19.7 Å². The number of amides is 2. The van der Waals surface area contributed by atoms with Crippen molar-refractivity contribution >= 4 is 28.8 Å². The van der Waals surface area contributed by atoms with E-state index in [1.165, 1.54) is 27.6 Å². The van der Waals surface area contributed by atoms with Gasteiger partial charge in [0.25, 0.3) is 0 Å². The molecule has 0 saturated heterocycles. The third-order valence-electron chi connectivity index (χ3n) is 4.65. The Kier molecular flexibility index (Phi) is 5.49. The molecule has 2 N–H and O–H groups in total. The van der Waals surface area contributed by atoms with Crippen LogP contribution in [-0.4, -0.2) is 32.2 Å². The Morgan fingerprint density at radius 1 is 1.20 bits per heavy atom. The fraction of sp³-hybridized carbons (Fsp3) is 0.300. The molecule has 4 rings (SSSR count). The van der Waals surface area contributed by atoms with Gasteiger partial charge < -0.3 is 10.6 Å². The third-order valence-corrected chi connectivity index (χ3v) is 5.54. The van der Waals surface area contributed by atoms with Crippen molar-refractivity contribution in [3.63, 3.8) is 0 Å². The molecular formula is C20H20FN5O3S. The van der Waals surface area contributed by atoms with E-state index in [4.69, 9.17) is 0 Å². The molecule has 0 spiro atoms. The Bertz CT molecular complexity index is 1140. The second-order valence-electron chi connectivity index (χ2n) is 7.18. The molecule has 0 radical (unpaired) electrons. The summed E-state index contributed by atoms with van der Waals surface area (Å²) in [6, 6.07) is 6.06. The lowest BCUT2D eigenvalue weighted by atomic mass is 10.1. The predicted molar refractivity (Wildman–Crippen MR) is 111 cm³/mol. The fourth-order valence-electron chi connectivity index (χ4n) is 3.13. The fourth-order valence-corrected chi connectivity index (χ4v) is 3.99. The lowest BCUT2D eigenvalue weighted by Crippen LogP contribution is -2.29. The smallest absolute Gasteiger partial charge is 0.308 e. The van der Waals surface area contributed by atoms with Crippen LogP contribution in [0, 0.1) is 12.7 Å². The first-order valence-electron chi connectivity index (χ1n) is 9.47. The van der Waals surface area contributed by atoms with Crippen LogP contribution < -0.4 is 15.5 Å². The normalized spacial score (nSPS) is 13.3. The summed E-state index contributed by atoms with van der Waals surface area (Å²) in [6.45, 7) is 1.67. The van der Waals surface area contributed by atoms with Gasteiger partial charge in [-0.25, -0.2) is 4.39 Å². The number of hydrogen-bond donors (Lipinski definition) is 2. The zero-order valence-electron chi connectivity index (χ0n) is 16.2. The topological polar surface area (TPSA) is 98.0 Å². The van der Waals surface area contributed by atoms with Crippen molar-refractivity contribution in [2.75, 3.05) is 5.32 Å². The number of nitrogens with one attached hydrogen (secondary N) is 2. The van der Waals surface area contributed by atoms with Crippen LogP contribution >= 0.6 is 11.3 Å². The molecule has 0 aliphatic heterocycles. The standard InChI is InChI=1S/C20H20FN5O3S/c1-12-19(13-2-4-14(21)5-3-13)26(20(29)30-12)11-18(28)24-16-8-22-25(9-16)10-17(27)23-15-6-7-15/h2-5,8-9,15H,6-7,10-11H2,1H3,(H,23,27)(H,24,28). The highest BCUT2D eigenvalue weighted by atomic mass is 32.1. The zero-order valence-corrected chi connectivity index (χ0v) is 17.0. The highest BCUT2D eigenvalue weighted by Crippen LogP contribution is 2.25. The average Bonchev–Trinajstić information content (AvgIpc) is 3.32. The Balaban J connectivity index is 1.44. The molecule has 10 heteroatoms. The molecule has 156 valence electrons. The quantitative estimate of drug-likeness (QED) is 0.601. The van der Waals surface area contributed by atoms with Crippen molar-refractivity contribution in [1.29, 1.82) is 0 Å². The first-order valence-corrected chi connectivity index (χ1v) is 10.3. The zero-order chi connectivity index (χ0) is 21.3. The average molecular weight is 429 g/mol. The van der Waals surface area contributed by atoms with E-state index < -0.39 is 5.91 Å². The van der Waals surface area contributed by atoms with Crippen molar-refractivity contribution in [3.8, 4) is 11.3 Å². The molecule has 0 bridgehead atoms. The van der Waals surface area contributed by atoms with E-state index in [0.29, 0.717) is 16.9 Å². The largest absolute Gasteiger partial charge is 0.352 e. The number of hydrogen-bond acceptors (Lipinski definition) is 5. The first-order chi connectivity index (χ1) is 14.4. The van der Waals surface area contributed by atoms with E-state index in [1.807, 2.05) is 0 Å². The number of aromatic nitrogens is 3. The lowest BCUT2D eigenvalue weighted by Gasteiger charge is -2.09. The minimum absolute atomic E-state index is 0.0737. The van der Waals surface area contributed by atoms with E-state index in [1.54, 1.807) is 25.3 Å². The van der Waals surface area contributed by atoms with E-state index in [2.05, 4.69) is 15.7 Å². The molecule has 0 unspecified atom stereocenters. The maximum atomic E-state index is 13.2. The van der Waals surface area contributed by atoms with Crippen LogP contribution in [0.3, 0.4) is 0 Å². The molecule has 2 aromatic heterocycles. The molecule has 30 heavy (non-hydrogen) atoms. The van der Waals surface area contributed by atoms with Gasteiger partial charge in [0.15, 0.2) is 0 Å². The molecule has 1 saturated carbocycles. The summed E-state index contributed by atoms with van der Waals surface area (Å²) in [5.74, 6) is -0.899. The van der Waals surface area contributed by atoms with Crippen LogP contribution in [0.1, 0.15) is 17.7 Å². The Morgan fingerprint density at radius 2 is 1.93 bits per heavy atom. The van der Waals surface area contributed by atoms with Crippen LogP contribution in [0.5, 0.6) is 0 Å². The molecule has 0 atom stereocenters. The molecule has 1 aromatic carbocycles. The summed E-state index contributed by atoms with van der Waals surface area (Å²) in [4.78, 5) is 37.2. The molecule has 2 heterocycles. The molecule has 1 aliphatic rings. The van der Waals surface area contributed by atoms with Crippen LogP contribution in [0.2, 0.25) is 0 Å². The number of thiazole rings is 1. The highest BCUT2D eigenvalue weighted by Gasteiger charge is 2.23. The van der Waals surface area contributed by atoms with Crippen molar-refractivity contribution in [2.24, 2.45) is 0 Å². The van der Waals surface area contributed by atoms with Gasteiger partial charge in [-0.1, -0.05) is 11.3 Å². The number of carbonyl (C=O) groups is 2. The molecule has 3 aromatic rings. The van der Waals surface area contributed by atoms with Crippen LogP contribution in [0.25, 0.3) is 11.3 Å². The van der Waals surface area contributed by atoms with Gasteiger partial charge in [0.1, 0.15) is 18.9 Å². The van der Waals surface area contributed by atoms with E-state index >= 15 is 0 Å². The van der Waals surface area contributed by atoms with Crippen molar-refractivity contribution in [3.05, 3.63) is 57.0 Å². The van der Waals surface area contributed by atoms with Gasteiger partial charge in [-0.2, -0.15) is 5.10 Å². The summed E-state index contributed by atoms with van der Waals surface area (Å²) in [5, 5.41) is 9.64. The maximum Gasteiger partial charge on any atom is 0.308 e. The van der Waals surface area contributed by atoms with E-state index in [-0.39, 0.29) is 35.7 Å². The first kappa shape index (κ1) is 20.0. The van der Waals surface area contributed by atoms with Crippen molar-refractivity contribution < 1.29 is 14.0 Å². The maximum absolute atomic E-state index is 13.2. The minimum atomic E-state index is -0.403. The number of anilines is 1. The Morgan fingerprint density at radius 3 is 2.63 bits per heavy atom. The number of halogens is 1. The number of benzene rings is 1. The Hall–Kier alpha value is -3.27. The van der Waals surface area contributed by atoms with Gasteiger partial charge in [-0.3, -0.25) is 23.6 Å². The van der Waals surface area contributed by atoms with Crippen LogP contribution in [-0.2, 0) is 22.7 Å². The number of aryl methyl sites for hydroxylation is 1. The summed E-state index contributed by atoms with van der Waals surface area (Å²) >= 11 is 1.04. The summed E-state index contributed by atoms with van der Waals surface area (Å²) in [5.41, 5.74) is 1.68. The summed E-state index contributed by atoms with van der Waals surface area (Å²) in [7, 11) is 0. The van der Waals surface area contributed by atoms with Crippen molar-refractivity contribution in [2.45, 2.75) is 38.9 Å². The lowest BCUT2D eigenvalue weighted by molar-refractivity contribution is -0.122. The number of carbonyl (C=O) groups excluding carboxylic acids is 2. The number of rotatable bonds is 7. The molecule has 8 nitrogen and oxygen atoms in total. The van der Waals surface area contributed by atoms with Gasteiger partial charge in [0.2, 0.25) is 11.8 Å². The third kappa shape index (κ3) is 4.65. The molecular weight excluding hydrogens is 409 g/mol. The number of nitrogens with zero attached hydrogens (tertiary/aromatic N) is 3. The predicted octanol–water partition coefficient (Wildman–Crippen LogP) is 2.14. The van der Waals surface area contributed by atoms with Crippen LogP contribution in [0.4, 0.5) is 10.1 Å². The second-order valence-corrected chi connectivity index (χ2v) is 8.35. The summed E-state index contributed by atoms with van der Waals surface area (Å²) in [6.07, 6.45) is 5.03. The monoisotopic (exact) mass is 429 g/mol. The SMILES string of the molecule is Cc1sc(=O)n(CC(=O)Nc2cnn(CC(=O)NC3CC3)c2)c1-c1ccc(F)cc1. The van der Waals surface area contributed by atoms with Gasteiger partial charge in [-0.05, 0) is 49.6 Å². The van der Waals surface area contributed by atoms with E-state index in [0.717, 1.165) is 29.1 Å². The molecule has 2 amide bonds. The van der Waals surface area contributed by atoms with Gasteiger partial charge in [0.05, 0.1) is 17.6 Å². The highest BCUT2D eigenvalue weighted by molar-refractivity contribution is 7.09. The Labute approximate surface area is 175 Å². The molecule has 1 fully saturated rings. The second kappa shape index (κ2) is 8.23. The van der Waals surface area contributed by atoms with Gasteiger partial charge >= 0.3 is 4.87 Å². The minimum Gasteiger partial charge on any atom is -0.352 e. The van der Waals surface area contributed by atoms with Crippen LogP contribution in [0.15, 0.2) is 41.5 Å². The van der Waals surface area contributed by atoms with Gasteiger partial charge in [0, 0.05) is 17.1 Å².